The first-order valence-electron chi connectivity index (χ1n) is 7.99. The molecular weight excluding hydrogens is 384 g/mol. The Bertz CT molecular complexity index is 1150. The lowest BCUT2D eigenvalue weighted by Crippen LogP contribution is -2.08. The molecule has 0 atom stereocenters. The van der Waals surface area contributed by atoms with Gasteiger partial charge >= 0.3 is 0 Å². The number of nitrogens with zero attached hydrogens (tertiary/aromatic N) is 1. The van der Waals surface area contributed by atoms with Gasteiger partial charge in [0.2, 0.25) is 0 Å². The predicted octanol–water partition coefficient (Wildman–Crippen LogP) is 4.43. The van der Waals surface area contributed by atoms with Gasteiger partial charge in [0.1, 0.15) is 17.9 Å². The molecule has 25 heavy (non-hydrogen) atoms. The van der Waals surface area contributed by atoms with Crippen molar-refractivity contribution < 1.29 is 9.15 Å². The van der Waals surface area contributed by atoms with E-state index in [1.807, 2.05) is 19.1 Å². The number of hydrogen-bond donors (Lipinski definition) is 3. The summed E-state index contributed by atoms with van der Waals surface area (Å²) >= 11 is 3.55. The summed E-state index contributed by atoms with van der Waals surface area (Å²) in [5.74, 6) is 0.871. The van der Waals surface area contributed by atoms with Gasteiger partial charge in [-0.3, -0.25) is 0 Å². The fourth-order valence-electron chi connectivity index (χ4n) is 3.47. The average molecular weight is 399 g/mol. The number of rotatable bonds is 1. The molecule has 0 saturated carbocycles. The van der Waals surface area contributed by atoms with Crippen molar-refractivity contribution in [2.24, 2.45) is 0 Å². The Morgan fingerprint density at radius 2 is 2.12 bits per heavy atom. The normalized spacial score (nSPS) is 13.7. The fourth-order valence-corrected chi connectivity index (χ4v) is 3.90. The molecule has 0 unspecified atom stereocenters. The van der Waals surface area contributed by atoms with E-state index >= 15 is 0 Å². The van der Waals surface area contributed by atoms with Gasteiger partial charge in [-0.2, -0.15) is 4.98 Å². The van der Waals surface area contributed by atoms with E-state index in [2.05, 4.69) is 43.3 Å². The zero-order chi connectivity index (χ0) is 17.1. The topological polar surface area (TPSA) is 89.1 Å². The summed E-state index contributed by atoms with van der Waals surface area (Å²) in [6.07, 6.45) is 0. The molecule has 0 radical (unpaired) electrons. The number of nitrogens with two attached hydrogens (primary N) is 1. The number of nitrogen functional groups attached to an aromatic ring is 1. The summed E-state index contributed by atoms with van der Waals surface area (Å²) in [6.45, 7) is 3.36. The maximum atomic E-state index is 5.89. The van der Waals surface area contributed by atoms with Gasteiger partial charge in [-0.15, -0.1) is 0 Å². The minimum absolute atomic E-state index is 0.183. The van der Waals surface area contributed by atoms with Crippen molar-refractivity contribution >= 4 is 49.6 Å². The van der Waals surface area contributed by atoms with Crippen molar-refractivity contribution in [3.8, 4) is 17.0 Å². The molecule has 0 amide bonds. The SMILES string of the molecule is Cc1cc(-c2[nH]c3cc(Br)cc4c3c2NCCO4)cc2nc(N)oc12. The average Bonchev–Trinajstić information content (AvgIpc) is 3.03. The van der Waals surface area contributed by atoms with E-state index in [9.17, 15) is 0 Å². The van der Waals surface area contributed by atoms with Crippen molar-refractivity contribution in [2.75, 3.05) is 24.2 Å². The van der Waals surface area contributed by atoms with Crippen LogP contribution in [0.15, 0.2) is 33.2 Å². The zero-order valence-corrected chi connectivity index (χ0v) is 15.0. The van der Waals surface area contributed by atoms with E-state index in [0.717, 1.165) is 61.3 Å². The number of aryl methyl sites for hydroxylation is 1. The van der Waals surface area contributed by atoms with Gasteiger partial charge in [0.15, 0.2) is 5.58 Å². The largest absolute Gasteiger partial charge is 0.491 e. The molecule has 4 N–H and O–H groups in total. The third-order valence-electron chi connectivity index (χ3n) is 4.47. The Morgan fingerprint density at radius 1 is 1.24 bits per heavy atom. The highest BCUT2D eigenvalue weighted by Gasteiger charge is 2.21. The maximum absolute atomic E-state index is 5.89. The summed E-state index contributed by atoms with van der Waals surface area (Å²) in [6, 6.07) is 8.31. The van der Waals surface area contributed by atoms with Crippen molar-refractivity contribution in [1.29, 1.82) is 0 Å². The number of fused-ring (bicyclic) bond motifs is 1. The Kier molecular flexibility index (Phi) is 3.03. The van der Waals surface area contributed by atoms with Crippen molar-refractivity contribution in [3.63, 3.8) is 0 Å². The first-order chi connectivity index (χ1) is 12.1. The maximum Gasteiger partial charge on any atom is 0.292 e. The number of H-pyrrole nitrogens is 1. The highest BCUT2D eigenvalue weighted by atomic mass is 79.9. The summed E-state index contributed by atoms with van der Waals surface area (Å²) in [7, 11) is 0. The standard InChI is InChI=1S/C18H15BrN4O2/c1-8-4-9(5-12-17(8)25-18(20)23-12)15-16-14-11(22-15)6-10(19)7-13(14)24-3-2-21-16/h4-7,21-22H,2-3H2,1H3,(H2,20,23). The number of ether oxygens (including phenoxy) is 1. The van der Waals surface area contributed by atoms with Crippen molar-refractivity contribution in [2.45, 2.75) is 6.92 Å². The number of oxazole rings is 1. The zero-order valence-electron chi connectivity index (χ0n) is 13.4. The Balaban J connectivity index is 1.82. The third kappa shape index (κ3) is 2.19. The minimum Gasteiger partial charge on any atom is -0.491 e. The molecule has 0 saturated heterocycles. The molecule has 6 nitrogen and oxygen atoms in total. The molecule has 1 aliphatic heterocycles. The molecule has 126 valence electrons. The first kappa shape index (κ1) is 14.7. The second-order valence-electron chi connectivity index (χ2n) is 6.17. The molecule has 2 aromatic carbocycles. The van der Waals surface area contributed by atoms with Crippen LogP contribution in [0.25, 0.3) is 33.3 Å². The summed E-state index contributed by atoms with van der Waals surface area (Å²) in [5.41, 5.74) is 12.3. The van der Waals surface area contributed by atoms with Gasteiger partial charge in [-0.05, 0) is 36.8 Å². The molecule has 7 heteroatoms. The second kappa shape index (κ2) is 5.16. The molecule has 0 bridgehead atoms. The van der Waals surface area contributed by atoms with E-state index in [1.54, 1.807) is 0 Å². The smallest absolute Gasteiger partial charge is 0.292 e. The van der Waals surface area contributed by atoms with E-state index in [1.165, 1.54) is 0 Å². The highest BCUT2D eigenvalue weighted by Crippen LogP contribution is 2.43. The van der Waals surface area contributed by atoms with Crippen LogP contribution in [0, 0.1) is 6.92 Å². The van der Waals surface area contributed by atoms with Crippen LogP contribution >= 0.6 is 15.9 Å². The lowest BCUT2D eigenvalue weighted by molar-refractivity contribution is 0.339. The Hall–Kier alpha value is -2.67. The highest BCUT2D eigenvalue weighted by molar-refractivity contribution is 9.10. The van der Waals surface area contributed by atoms with Crippen LogP contribution in [0.5, 0.6) is 5.75 Å². The van der Waals surface area contributed by atoms with Crippen molar-refractivity contribution in [1.82, 2.24) is 9.97 Å². The Morgan fingerprint density at radius 3 is 3.00 bits per heavy atom. The van der Waals surface area contributed by atoms with Gasteiger partial charge < -0.3 is 25.2 Å². The quantitative estimate of drug-likeness (QED) is 0.441. The van der Waals surface area contributed by atoms with Gasteiger partial charge in [0.05, 0.1) is 22.3 Å². The van der Waals surface area contributed by atoms with Gasteiger partial charge in [-0.1, -0.05) is 15.9 Å². The Labute approximate surface area is 151 Å². The van der Waals surface area contributed by atoms with Crippen LogP contribution in [0.1, 0.15) is 5.56 Å². The molecule has 3 heterocycles. The van der Waals surface area contributed by atoms with Crippen LogP contribution < -0.4 is 15.8 Å². The van der Waals surface area contributed by atoms with Gasteiger partial charge in [0.25, 0.3) is 6.01 Å². The third-order valence-corrected chi connectivity index (χ3v) is 4.93. The number of anilines is 2. The molecule has 5 rings (SSSR count). The number of aromatic nitrogens is 2. The van der Waals surface area contributed by atoms with E-state index < -0.39 is 0 Å². The first-order valence-corrected chi connectivity index (χ1v) is 8.78. The molecule has 0 aliphatic carbocycles. The molecule has 0 spiro atoms. The summed E-state index contributed by atoms with van der Waals surface area (Å²) < 4.78 is 12.4. The molecule has 0 fully saturated rings. The number of nitrogens with one attached hydrogen (secondary N) is 2. The van der Waals surface area contributed by atoms with Gasteiger partial charge in [0, 0.05) is 16.6 Å². The second-order valence-corrected chi connectivity index (χ2v) is 7.09. The number of benzene rings is 2. The van der Waals surface area contributed by atoms with Crippen LogP contribution in [0.4, 0.5) is 11.7 Å². The van der Waals surface area contributed by atoms with E-state index in [-0.39, 0.29) is 6.01 Å². The lowest BCUT2D eigenvalue weighted by Gasteiger charge is -2.07. The summed E-state index contributed by atoms with van der Waals surface area (Å²) in [5, 5.41) is 4.55. The fraction of sp³-hybridized carbons (Fsp3) is 0.167. The molecule has 2 aromatic heterocycles. The number of halogens is 1. The molecule has 4 aromatic rings. The van der Waals surface area contributed by atoms with Crippen LogP contribution in [0.2, 0.25) is 0 Å². The lowest BCUT2D eigenvalue weighted by atomic mass is 10.1. The summed E-state index contributed by atoms with van der Waals surface area (Å²) in [4.78, 5) is 7.80. The van der Waals surface area contributed by atoms with Crippen LogP contribution in [-0.4, -0.2) is 23.1 Å². The molecule has 1 aliphatic rings. The van der Waals surface area contributed by atoms with Crippen LogP contribution in [0.3, 0.4) is 0 Å². The monoisotopic (exact) mass is 398 g/mol. The number of aromatic amines is 1. The van der Waals surface area contributed by atoms with Crippen molar-refractivity contribution in [3.05, 3.63) is 34.3 Å². The minimum atomic E-state index is 0.183. The molecular formula is C18H15BrN4O2. The van der Waals surface area contributed by atoms with Gasteiger partial charge in [-0.25, -0.2) is 0 Å². The number of hydrogen-bond acceptors (Lipinski definition) is 5. The van der Waals surface area contributed by atoms with E-state index in [0.29, 0.717) is 6.61 Å². The van der Waals surface area contributed by atoms with Crippen LogP contribution in [-0.2, 0) is 0 Å². The predicted molar refractivity (Wildman–Crippen MR) is 102 cm³/mol. The van der Waals surface area contributed by atoms with E-state index in [4.69, 9.17) is 14.9 Å².